The van der Waals surface area contributed by atoms with Gasteiger partial charge < -0.3 is 14.8 Å². The van der Waals surface area contributed by atoms with Gasteiger partial charge in [-0.2, -0.15) is 0 Å². The molecule has 0 saturated carbocycles. The Kier molecular flexibility index (Phi) is 6.24. The fourth-order valence-electron chi connectivity index (χ4n) is 3.65. The molecule has 1 saturated heterocycles. The Morgan fingerprint density at radius 2 is 2.03 bits per heavy atom. The smallest absolute Gasteiger partial charge is 0.282 e. The number of hydrogen-bond donors (Lipinski definition) is 1. The predicted molar refractivity (Wildman–Crippen MR) is 123 cm³/mol. The lowest BCUT2D eigenvalue weighted by atomic mass is 10.1. The van der Waals surface area contributed by atoms with Gasteiger partial charge in [-0.1, -0.05) is 42.1 Å². The second kappa shape index (κ2) is 9.06. The average molecular weight is 441 g/mol. The van der Waals surface area contributed by atoms with Crippen molar-refractivity contribution in [2.75, 3.05) is 24.2 Å². The number of carbonyl (C=O) groups excluding carboxylic acids is 2. The van der Waals surface area contributed by atoms with Crippen molar-refractivity contribution in [2.24, 2.45) is 0 Å². The number of thiazole rings is 1. The van der Waals surface area contributed by atoms with Crippen LogP contribution in [-0.2, 0) is 17.8 Å². The summed E-state index contributed by atoms with van der Waals surface area (Å²) in [5.74, 6) is 0.535. The lowest BCUT2D eigenvalue weighted by Gasteiger charge is -2.12. The van der Waals surface area contributed by atoms with Crippen LogP contribution in [0.2, 0.25) is 0 Å². The largest absolute Gasteiger partial charge is 0.348 e. The van der Waals surface area contributed by atoms with E-state index in [-0.39, 0.29) is 17.7 Å². The van der Waals surface area contributed by atoms with Gasteiger partial charge in [0.15, 0.2) is 5.13 Å². The van der Waals surface area contributed by atoms with E-state index in [1.54, 1.807) is 4.90 Å². The molecule has 0 bridgehead atoms. The number of aryl methyl sites for hydroxylation is 2. The molecular weight excluding hydrogens is 416 g/mol. The van der Waals surface area contributed by atoms with E-state index < -0.39 is 0 Å². The molecular formula is C22H24N4O2S2. The first kappa shape index (κ1) is 20.7. The van der Waals surface area contributed by atoms with E-state index in [1.165, 1.54) is 40.0 Å². The summed E-state index contributed by atoms with van der Waals surface area (Å²) in [6.07, 6.45) is 0.975. The van der Waals surface area contributed by atoms with Crippen molar-refractivity contribution in [3.05, 3.63) is 58.7 Å². The minimum atomic E-state index is -0.208. The highest BCUT2D eigenvalue weighted by atomic mass is 32.2. The van der Waals surface area contributed by atoms with Crippen LogP contribution in [0.25, 0.3) is 11.3 Å². The summed E-state index contributed by atoms with van der Waals surface area (Å²) in [5.41, 5.74) is 5.64. The Morgan fingerprint density at radius 1 is 1.23 bits per heavy atom. The predicted octanol–water partition coefficient (Wildman–Crippen LogP) is 4.58. The van der Waals surface area contributed by atoms with E-state index in [0.717, 1.165) is 30.0 Å². The Bertz CT molecular complexity index is 1060. The highest BCUT2D eigenvalue weighted by Gasteiger charge is 2.23. The van der Waals surface area contributed by atoms with Gasteiger partial charge in [0.05, 0.1) is 5.69 Å². The molecule has 3 heterocycles. The first-order chi connectivity index (χ1) is 14.5. The summed E-state index contributed by atoms with van der Waals surface area (Å²) in [6.45, 7) is 5.84. The van der Waals surface area contributed by atoms with Gasteiger partial charge in [0, 0.05) is 41.2 Å². The lowest BCUT2D eigenvalue weighted by Crippen LogP contribution is -2.33. The molecule has 3 aromatic rings. The second-order valence-electron chi connectivity index (χ2n) is 7.29. The maximum absolute atomic E-state index is 12.3. The molecule has 2 aromatic heterocycles. The molecule has 0 atom stereocenters. The molecule has 1 fully saturated rings. The lowest BCUT2D eigenvalue weighted by molar-refractivity contribution is -0.116. The van der Waals surface area contributed by atoms with Crippen LogP contribution in [0.15, 0.2) is 41.8 Å². The molecule has 4 rings (SSSR count). The molecule has 2 amide bonds. The molecule has 156 valence electrons. The Balaban J connectivity index is 1.42. The highest BCUT2D eigenvalue weighted by Crippen LogP contribution is 2.30. The third-order valence-electron chi connectivity index (χ3n) is 5.25. The van der Waals surface area contributed by atoms with Gasteiger partial charge in [-0.3, -0.25) is 9.59 Å². The van der Waals surface area contributed by atoms with Crippen LogP contribution in [-0.4, -0.2) is 44.4 Å². The number of nitrogens with one attached hydrogen (secondary N) is 1. The van der Waals surface area contributed by atoms with Gasteiger partial charge in [0.1, 0.15) is 6.54 Å². The van der Waals surface area contributed by atoms with Crippen molar-refractivity contribution in [1.29, 1.82) is 0 Å². The number of rotatable bonds is 7. The molecule has 30 heavy (non-hydrogen) atoms. The van der Waals surface area contributed by atoms with Crippen LogP contribution in [0.3, 0.4) is 0 Å². The van der Waals surface area contributed by atoms with Crippen molar-refractivity contribution >= 4 is 39.4 Å². The monoisotopic (exact) mass is 440 g/mol. The van der Waals surface area contributed by atoms with E-state index in [9.17, 15) is 9.59 Å². The summed E-state index contributed by atoms with van der Waals surface area (Å²) in [6, 6.07) is 12.6. The normalized spacial score (nSPS) is 13.8. The molecule has 1 N–H and O–H groups in total. The zero-order valence-electron chi connectivity index (χ0n) is 17.1. The molecule has 0 unspecified atom stereocenters. The molecule has 6 nitrogen and oxygen atoms in total. The van der Waals surface area contributed by atoms with Crippen LogP contribution in [0.1, 0.15) is 17.0 Å². The van der Waals surface area contributed by atoms with E-state index >= 15 is 0 Å². The molecule has 1 aromatic carbocycles. The summed E-state index contributed by atoms with van der Waals surface area (Å²) >= 11 is 2.66. The van der Waals surface area contributed by atoms with Gasteiger partial charge in [-0.25, -0.2) is 4.98 Å². The Morgan fingerprint density at radius 3 is 2.77 bits per heavy atom. The number of thioether (sulfide) groups is 1. The van der Waals surface area contributed by atoms with E-state index in [1.807, 2.05) is 11.4 Å². The zero-order valence-corrected chi connectivity index (χ0v) is 18.7. The van der Waals surface area contributed by atoms with Crippen LogP contribution < -0.4 is 5.32 Å². The van der Waals surface area contributed by atoms with Crippen LogP contribution >= 0.6 is 23.1 Å². The van der Waals surface area contributed by atoms with Crippen LogP contribution in [0.4, 0.5) is 9.93 Å². The first-order valence-corrected chi connectivity index (χ1v) is 11.8. The number of anilines is 1. The van der Waals surface area contributed by atoms with Crippen LogP contribution in [0.5, 0.6) is 0 Å². The third-order valence-corrected chi connectivity index (χ3v) is 6.90. The summed E-state index contributed by atoms with van der Waals surface area (Å²) in [7, 11) is 0. The minimum absolute atomic E-state index is 0.0343. The van der Waals surface area contributed by atoms with E-state index in [4.69, 9.17) is 0 Å². The van der Waals surface area contributed by atoms with E-state index in [2.05, 4.69) is 59.0 Å². The topological polar surface area (TPSA) is 67.2 Å². The fraction of sp³-hybridized carbons (Fsp3) is 0.318. The second-order valence-corrected chi connectivity index (χ2v) is 9.20. The van der Waals surface area contributed by atoms with E-state index in [0.29, 0.717) is 11.7 Å². The Labute approximate surface area is 184 Å². The standard InChI is InChI=1S/C22H24N4O2S2/c1-15-12-18(16(2)26(15)9-8-17-6-4-3-5-7-17)19-14-30-21(23-19)24-20(27)13-25-10-11-29-22(25)28/h3-7,12,14H,8-11,13H2,1-2H3,(H,23,24,27). The quantitative estimate of drug-likeness (QED) is 0.584. The van der Waals surface area contributed by atoms with Crippen molar-refractivity contribution < 1.29 is 9.59 Å². The zero-order chi connectivity index (χ0) is 21.1. The van der Waals surface area contributed by atoms with Crippen molar-refractivity contribution in [3.8, 4) is 11.3 Å². The minimum Gasteiger partial charge on any atom is -0.348 e. The van der Waals surface area contributed by atoms with Crippen LogP contribution in [0, 0.1) is 13.8 Å². The first-order valence-electron chi connectivity index (χ1n) is 9.89. The number of carbonyl (C=O) groups is 2. The molecule has 1 aliphatic heterocycles. The number of hydrogen-bond acceptors (Lipinski definition) is 5. The van der Waals surface area contributed by atoms with Crippen molar-refractivity contribution in [3.63, 3.8) is 0 Å². The molecule has 8 heteroatoms. The van der Waals surface area contributed by atoms with Crippen molar-refractivity contribution in [1.82, 2.24) is 14.5 Å². The Hall–Kier alpha value is -2.58. The summed E-state index contributed by atoms with van der Waals surface area (Å²) in [5, 5.41) is 5.32. The van der Waals surface area contributed by atoms with Gasteiger partial charge >= 0.3 is 0 Å². The number of aromatic nitrogens is 2. The van der Waals surface area contributed by atoms with Gasteiger partial charge in [0.2, 0.25) is 5.91 Å². The number of amides is 2. The molecule has 0 aliphatic carbocycles. The van der Waals surface area contributed by atoms with Gasteiger partial charge in [-0.05, 0) is 31.9 Å². The SMILES string of the molecule is Cc1cc(-c2csc(NC(=O)CN3CCSC3=O)n2)c(C)n1CCc1ccccc1. The third kappa shape index (κ3) is 4.60. The number of nitrogens with zero attached hydrogens (tertiary/aromatic N) is 3. The maximum Gasteiger partial charge on any atom is 0.282 e. The summed E-state index contributed by atoms with van der Waals surface area (Å²) in [4.78, 5) is 30.1. The summed E-state index contributed by atoms with van der Waals surface area (Å²) < 4.78 is 2.32. The molecule has 0 spiro atoms. The maximum atomic E-state index is 12.3. The molecule has 0 radical (unpaired) electrons. The average Bonchev–Trinajstić information content (AvgIpc) is 3.42. The highest BCUT2D eigenvalue weighted by molar-refractivity contribution is 8.13. The number of benzene rings is 1. The molecule has 1 aliphatic rings. The van der Waals surface area contributed by atoms with Gasteiger partial charge in [-0.15, -0.1) is 11.3 Å². The van der Waals surface area contributed by atoms with Gasteiger partial charge in [0.25, 0.3) is 5.24 Å². The van der Waals surface area contributed by atoms with Crippen molar-refractivity contribution in [2.45, 2.75) is 26.8 Å². The fourth-order valence-corrected chi connectivity index (χ4v) is 5.20.